The molecule has 20 heavy (non-hydrogen) atoms. The highest BCUT2D eigenvalue weighted by Gasteiger charge is 2.55. The van der Waals surface area contributed by atoms with Gasteiger partial charge in [-0.3, -0.25) is 9.64 Å². The molecular weight excluding hydrogens is 274 g/mol. The van der Waals surface area contributed by atoms with Gasteiger partial charge in [0.05, 0.1) is 18.5 Å². The summed E-state index contributed by atoms with van der Waals surface area (Å²) in [5, 5.41) is 5.09. The van der Waals surface area contributed by atoms with Gasteiger partial charge in [-0.25, -0.2) is 6.57 Å². The molecule has 0 atom stereocenters. The van der Waals surface area contributed by atoms with Crippen molar-refractivity contribution in [3.8, 4) is 11.3 Å². The van der Waals surface area contributed by atoms with E-state index >= 15 is 0 Å². The lowest BCUT2D eigenvalue weighted by Gasteiger charge is -2.05. The van der Waals surface area contributed by atoms with Crippen molar-refractivity contribution in [2.75, 3.05) is 0 Å². The van der Waals surface area contributed by atoms with Crippen molar-refractivity contribution in [2.24, 2.45) is 0 Å². The van der Waals surface area contributed by atoms with Crippen LogP contribution in [0.4, 0.5) is 0 Å². The molecule has 3 rings (SSSR count). The van der Waals surface area contributed by atoms with E-state index in [2.05, 4.69) is 9.94 Å². The molecular formula is C15H12ClN3O. The minimum atomic E-state index is -0.655. The fourth-order valence-electron chi connectivity index (χ4n) is 2.22. The van der Waals surface area contributed by atoms with E-state index in [1.165, 1.54) is 6.92 Å². The van der Waals surface area contributed by atoms with E-state index in [4.69, 9.17) is 18.2 Å². The molecule has 0 saturated heterocycles. The van der Waals surface area contributed by atoms with Gasteiger partial charge in [0, 0.05) is 17.5 Å². The zero-order valence-electron chi connectivity index (χ0n) is 10.9. The molecule has 1 saturated carbocycles. The Labute approximate surface area is 121 Å². The molecule has 0 N–H and O–H groups in total. The first-order valence-corrected chi connectivity index (χ1v) is 6.69. The number of ketones is 1. The third-order valence-electron chi connectivity index (χ3n) is 3.49. The molecule has 100 valence electrons. The highest BCUT2D eigenvalue weighted by Crippen LogP contribution is 2.46. The lowest BCUT2D eigenvalue weighted by Crippen LogP contribution is -2.18. The monoisotopic (exact) mass is 285 g/mol. The maximum absolute atomic E-state index is 11.8. The normalized spacial score (nSPS) is 15.7. The van der Waals surface area contributed by atoms with E-state index in [-0.39, 0.29) is 5.78 Å². The molecule has 5 heteroatoms. The molecule has 0 amide bonds. The zero-order chi connectivity index (χ0) is 14.3. The highest BCUT2D eigenvalue weighted by atomic mass is 35.5. The second kappa shape index (κ2) is 4.46. The molecule has 0 aliphatic heterocycles. The van der Waals surface area contributed by atoms with Crippen molar-refractivity contribution in [3.63, 3.8) is 0 Å². The minimum Gasteiger partial charge on any atom is -0.293 e. The van der Waals surface area contributed by atoms with E-state index in [9.17, 15) is 4.79 Å². The highest BCUT2D eigenvalue weighted by molar-refractivity contribution is 6.30. The van der Waals surface area contributed by atoms with Crippen molar-refractivity contribution < 1.29 is 4.79 Å². The third kappa shape index (κ3) is 2.00. The van der Waals surface area contributed by atoms with E-state index in [1.807, 2.05) is 12.1 Å². The number of Topliss-reactive ketones (excluding diaryl/α,β-unsaturated/α-hetero) is 1. The fraction of sp³-hybridized carbons (Fsp3) is 0.267. The van der Waals surface area contributed by atoms with Crippen molar-refractivity contribution in [2.45, 2.75) is 25.4 Å². The zero-order valence-corrected chi connectivity index (χ0v) is 11.7. The molecule has 1 heterocycles. The summed E-state index contributed by atoms with van der Waals surface area (Å²) in [6.07, 6.45) is 1.49. The Morgan fingerprint density at radius 1 is 1.45 bits per heavy atom. The number of nitrogens with zero attached hydrogens (tertiary/aromatic N) is 3. The van der Waals surface area contributed by atoms with Gasteiger partial charge in [-0.1, -0.05) is 23.7 Å². The number of rotatable bonds is 3. The van der Waals surface area contributed by atoms with E-state index in [1.54, 1.807) is 22.9 Å². The average Bonchev–Trinajstić information content (AvgIpc) is 3.09. The summed E-state index contributed by atoms with van der Waals surface area (Å²) >= 11 is 5.98. The van der Waals surface area contributed by atoms with Gasteiger partial charge >= 0.3 is 5.66 Å². The summed E-state index contributed by atoms with van der Waals surface area (Å²) in [5.74, 6) is -0.0827. The Balaban J connectivity index is 2.14. The molecule has 1 aliphatic rings. The van der Waals surface area contributed by atoms with Crippen LogP contribution in [0.1, 0.15) is 30.3 Å². The van der Waals surface area contributed by atoms with Crippen LogP contribution in [0.15, 0.2) is 30.3 Å². The van der Waals surface area contributed by atoms with Crippen LogP contribution in [0.25, 0.3) is 16.1 Å². The number of halogens is 1. The van der Waals surface area contributed by atoms with Crippen LogP contribution in [-0.2, 0) is 5.66 Å². The van der Waals surface area contributed by atoms with Crippen LogP contribution in [0.2, 0.25) is 5.02 Å². The van der Waals surface area contributed by atoms with Crippen LogP contribution < -0.4 is 0 Å². The number of carbonyl (C=O) groups excluding carboxylic acids is 1. The standard InChI is InChI=1S/C15H12ClN3O/c1-10(20)14-9-13(11-4-3-5-12(16)8-11)18-19(14)15(17-2)6-7-15/h3-5,8-9H,6-7H2,1H3. The Bertz CT molecular complexity index is 738. The van der Waals surface area contributed by atoms with Crippen LogP contribution >= 0.6 is 11.6 Å². The molecule has 1 fully saturated rings. The van der Waals surface area contributed by atoms with Crippen molar-refractivity contribution in [1.29, 1.82) is 0 Å². The van der Waals surface area contributed by atoms with Crippen molar-refractivity contribution in [3.05, 3.63) is 52.5 Å². The quantitative estimate of drug-likeness (QED) is 0.636. The second-order valence-corrected chi connectivity index (χ2v) is 5.42. The first-order chi connectivity index (χ1) is 9.55. The van der Waals surface area contributed by atoms with Gasteiger partial charge in [-0.05, 0) is 18.2 Å². The summed E-state index contributed by atoms with van der Waals surface area (Å²) in [7, 11) is 0. The number of hydrogen-bond donors (Lipinski definition) is 0. The molecule has 1 aromatic heterocycles. The van der Waals surface area contributed by atoms with E-state index in [0.29, 0.717) is 16.4 Å². The van der Waals surface area contributed by atoms with Gasteiger partial charge < -0.3 is 0 Å². The van der Waals surface area contributed by atoms with Gasteiger partial charge in [0.25, 0.3) is 0 Å². The van der Waals surface area contributed by atoms with Crippen LogP contribution in [0.3, 0.4) is 0 Å². The molecule has 0 unspecified atom stereocenters. The summed E-state index contributed by atoms with van der Waals surface area (Å²) < 4.78 is 1.58. The number of benzene rings is 1. The van der Waals surface area contributed by atoms with E-state index in [0.717, 1.165) is 18.4 Å². The summed E-state index contributed by atoms with van der Waals surface area (Å²) in [6.45, 7) is 8.82. The summed E-state index contributed by atoms with van der Waals surface area (Å²) in [4.78, 5) is 15.4. The van der Waals surface area contributed by atoms with Gasteiger partial charge in [0.15, 0.2) is 5.78 Å². The van der Waals surface area contributed by atoms with Crippen molar-refractivity contribution >= 4 is 17.4 Å². The number of hydrogen-bond acceptors (Lipinski definition) is 2. The first-order valence-electron chi connectivity index (χ1n) is 6.32. The molecule has 0 bridgehead atoms. The fourth-order valence-corrected chi connectivity index (χ4v) is 2.41. The van der Waals surface area contributed by atoms with Crippen LogP contribution in [0.5, 0.6) is 0 Å². The largest absolute Gasteiger partial charge is 0.326 e. The summed E-state index contributed by atoms with van der Waals surface area (Å²) in [5.41, 5.74) is 1.35. The molecule has 1 aromatic carbocycles. The molecule has 4 nitrogen and oxygen atoms in total. The van der Waals surface area contributed by atoms with Gasteiger partial charge in [0.1, 0.15) is 5.69 Å². The molecule has 0 spiro atoms. The average molecular weight is 286 g/mol. The minimum absolute atomic E-state index is 0.0827. The predicted molar refractivity (Wildman–Crippen MR) is 76.5 cm³/mol. The number of aromatic nitrogens is 2. The Kier molecular flexibility index (Phi) is 2.88. The SMILES string of the molecule is [C-]#[N+]C1(n2nc(-c3cccc(Cl)c3)cc2C(C)=O)CC1. The topological polar surface area (TPSA) is 39.2 Å². The predicted octanol–water partition coefficient (Wildman–Crippen LogP) is 3.77. The lowest BCUT2D eigenvalue weighted by atomic mass is 10.1. The van der Waals surface area contributed by atoms with E-state index < -0.39 is 5.66 Å². The molecule has 2 aromatic rings. The van der Waals surface area contributed by atoms with Gasteiger partial charge in [0.2, 0.25) is 0 Å². The van der Waals surface area contributed by atoms with Crippen LogP contribution in [0, 0.1) is 6.57 Å². The Morgan fingerprint density at radius 2 is 2.20 bits per heavy atom. The first kappa shape index (κ1) is 12.9. The van der Waals surface area contributed by atoms with Crippen LogP contribution in [-0.4, -0.2) is 15.6 Å². The Hall–Kier alpha value is -2.12. The smallest absolute Gasteiger partial charge is 0.293 e. The second-order valence-electron chi connectivity index (χ2n) is 4.99. The van der Waals surface area contributed by atoms with Gasteiger partial charge in [-0.15, -0.1) is 0 Å². The Morgan fingerprint density at radius 3 is 2.75 bits per heavy atom. The van der Waals surface area contributed by atoms with Crippen molar-refractivity contribution in [1.82, 2.24) is 9.78 Å². The number of carbonyl (C=O) groups is 1. The maximum atomic E-state index is 11.8. The molecule has 1 aliphatic carbocycles. The van der Waals surface area contributed by atoms with Gasteiger partial charge in [-0.2, -0.15) is 9.78 Å². The maximum Gasteiger partial charge on any atom is 0.326 e. The molecule has 0 radical (unpaired) electrons. The summed E-state index contributed by atoms with van der Waals surface area (Å²) in [6, 6.07) is 9.05. The third-order valence-corrected chi connectivity index (χ3v) is 3.73. The lowest BCUT2D eigenvalue weighted by molar-refractivity contribution is 0.100.